The fourth-order valence-electron chi connectivity index (χ4n) is 3.25. The lowest BCUT2D eigenvalue weighted by Crippen LogP contribution is -2.10. The van der Waals surface area contributed by atoms with Crippen LogP contribution in [0.1, 0.15) is 18.0 Å². The molecule has 0 bridgehead atoms. The molecule has 1 saturated heterocycles. The van der Waals surface area contributed by atoms with E-state index in [1.807, 2.05) is 25.5 Å². The summed E-state index contributed by atoms with van der Waals surface area (Å²) in [5, 5.41) is 7.96. The third-order valence-electron chi connectivity index (χ3n) is 4.53. The average Bonchev–Trinajstić information content (AvgIpc) is 3.27. The lowest BCUT2D eigenvalue weighted by atomic mass is 9.95. The first-order chi connectivity index (χ1) is 11.7. The van der Waals surface area contributed by atoms with Crippen molar-refractivity contribution in [3.63, 3.8) is 0 Å². The van der Waals surface area contributed by atoms with Gasteiger partial charge in [0.15, 0.2) is 0 Å². The zero-order valence-electron chi connectivity index (χ0n) is 13.5. The van der Waals surface area contributed by atoms with Gasteiger partial charge in [0.05, 0.1) is 11.4 Å². The molecular weight excluding hydrogens is 303 g/mol. The predicted octanol–water partition coefficient (Wildman–Crippen LogP) is 3.37. The fourth-order valence-corrected chi connectivity index (χ4v) is 3.25. The molecule has 122 valence electrons. The number of hydrogen-bond donors (Lipinski definition) is 1. The van der Waals surface area contributed by atoms with Gasteiger partial charge < -0.3 is 5.32 Å². The predicted molar refractivity (Wildman–Crippen MR) is 92.1 cm³/mol. The van der Waals surface area contributed by atoms with E-state index in [2.05, 4.69) is 16.5 Å². The summed E-state index contributed by atoms with van der Waals surface area (Å²) in [6.45, 7) is 1.97. The van der Waals surface area contributed by atoms with Gasteiger partial charge in [0.1, 0.15) is 5.82 Å². The minimum absolute atomic E-state index is 0.231. The number of rotatable bonds is 3. The lowest BCUT2D eigenvalue weighted by Gasteiger charge is -2.14. The van der Waals surface area contributed by atoms with E-state index < -0.39 is 0 Å². The van der Waals surface area contributed by atoms with Crippen LogP contribution in [-0.2, 0) is 7.05 Å². The van der Waals surface area contributed by atoms with Gasteiger partial charge in [-0.3, -0.25) is 9.67 Å². The maximum absolute atomic E-state index is 13.2. The Morgan fingerprint density at radius 2 is 2.00 bits per heavy atom. The van der Waals surface area contributed by atoms with Crippen LogP contribution < -0.4 is 5.32 Å². The van der Waals surface area contributed by atoms with Crippen molar-refractivity contribution in [3.05, 3.63) is 60.3 Å². The van der Waals surface area contributed by atoms with Gasteiger partial charge in [0.25, 0.3) is 0 Å². The van der Waals surface area contributed by atoms with E-state index in [4.69, 9.17) is 4.98 Å². The molecule has 1 aliphatic rings. The number of halogens is 1. The third-order valence-corrected chi connectivity index (χ3v) is 4.53. The smallest absolute Gasteiger partial charge is 0.123 e. The molecule has 0 amide bonds. The first-order valence-corrected chi connectivity index (χ1v) is 8.17. The summed E-state index contributed by atoms with van der Waals surface area (Å²) in [5.74, 6) is 0.176. The maximum atomic E-state index is 13.2. The Bertz CT molecular complexity index is 848. The Labute approximate surface area is 140 Å². The van der Waals surface area contributed by atoms with Crippen molar-refractivity contribution in [1.82, 2.24) is 20.1 Å². The summed E-state index contributed by atoms with van der Waals surface area (Å²) >= 11 is 0. The Hall–Kier alpha value is -2.53. The van der Waals surface area contributed by atoms with Crippen LogP contribution in [0.4, 0.5) is 4.39 Å². The van der Waals surface area contributed by atoms with Gasteiger partial charge in [-0.15, -0.1) is 0 Å². The van der Waals surface area contributed by atoms with Crippen LogP contribution in [0.5, 0.6) is 0 Å². The minimum Gasteiger partial charge on any atom is -0.316 e. The second-order valence-electron chi connectivity index (χ2n) is 6.23. The van der Waals surface area contributed by atoms with E-state index >= 15 is 0 Å². The molecule has 0 aliphatic carbocycles. The van der Waals surface area contributed by atoms with E-state index in [0.717, 1.165) is 47.6 Å². The summed E-state index contributed by atoms with van der Waals surface area (Å²) in [6.07, 6.45) is 4.91. The SMILES string of the molecule is Cn1ccc(-c2cc(-c3ccc(F)cc3)cnc2C2CCNC2)n1. The molecule has 1 atom stereocenters. The van der Waals surface area contributed by atoms with E-state index in [0.29, 0.717) is 5.92 Å². The van der Waals surface area contributed by atoms with Gasteiger partial charge >= 0.3 is 0 Å². The molecule has 0 spiro atoms. The highest BCUT2D eigenvalue weighted by Gasteiger charge is 2.23. The molecule has 5 heteroatoms. The molecule has 3 aromatic rings. The molecule has 1 unspecified atom stereocenters. The van der Waals surface area contributed by atoms with Crippen molar-refractivity contribution in [3.8, 4) is 22.4 Å². The molecule has 0 saturated carbocycles. The first-order valence-electron chi connectivity index (χ1n) is 8.17. The van der Waals surface area contributed by atoms with E-state index in [9.17, 15) is 4.39 Å². The highest BCUT2D eigenvalue weighted by Crippen LogP contribution is 2.33. The van der Waals surface area contributed by atoms with Crippen LogP contribution in [0.3, 0.4) is 0 Å². The molecule has 24 heavy (non-hydrogen) atoms. The molecule has 2 aromatic heterocycles. The molecule has 4 nitrogen and oxygen atoms in total. The summed E-state index contributed by atoms with van der Waals surface area (Å²) in [6, 6.07) is 10.7. The highest BCUT2D eigenvalue weighted by molar-refractivity contribution is 5.72. The van der Waals surface area contributed by atoms with Gasteiger partial charge in [0, 0.05) is 43.0 Å². The first kappa shape index (κ1) is 15.0. The average molecular weight is 322 g/mol. The Morgan fingerprint density at radius 3 is 2.67 bits per heavy atom. The van der Waals surface area contributed by atoms with Crippen molar-refractivity contribution in [2.75, 3.05) is 13.1 Å². The zero-order valence-corrected chi connectivity index (χ0v) is 13.5. The summed E-state index contributed by atoms with van der Waals surface area (Å²) in [7, 11) is 1.91. The number of pyridine rings is 1. The molecule has 1 aliphatic heterocycles. The summed E-state index contributed by atoms with van der Waals surface area (Å²) in [4.78, 5) is 4.76. The van der Waals surface area contributed by atoms with Gasteiger partial charge in [-0.2, -0.15) is 5.10 Å². The normalized spacial score (nSPS) is 17.3. The molecule has 4 rings (SSSR count). The summed E-state index contributed by atoms with van der Waals surface area (Å²) in [5.41, 5.74) is 5.01. The van der Waals surface area contributed by atoms with E-state index in [1.165, 1.54) is 12.1 Å². The van der Waals surface area contributed by atoms with Crippen molar-refractivity contribution in [2.24, 2.45) is 7.05 Å². The Balaban J connectivity index is 1.82. The van der Waals surface area contributed by atoms with Crippen LogP contribution in [0.25, 0.3) is 22.4 Å². The highest BCUT2D eigenvalue weighted by atomic mass is 19.1. The number of nitrogens with zero attached hydrogens (tertiary/aromatic N) is 3. The maximum Gasteiger partial charge on any atom is 0.123 e. The van der Waals surface area contributed by atoms with E-state index in [-0.39, 0.29) is 5.82 Å². The van der Waals surface area contributed by atoms with Crippen molar-refractivity contribution in [1.29, 1.82) is 0 Å². The van der Waals surface area contributed by atoms with Crippen LogP contribution in [0.2, 0.25) is 0 Å². The molecule has 1 aromatic carbocycles. The summed E-state index contributed by atoms with van der Waals surface area (Å²) < 4.78 is 15.0. The monoisotopic (exact) mass is 322 g/mol. The van der Waals surface area contributed by atoms with Crippen LogP contribution >= 0.6 is 0 Å². The number of benzene rings is 1. The Kier molecular flexibility index (Phi) is 3.86. The van der Waals surface area contributed by atoms with E-state index in [1.54, 1.807) is 16.8 Å². The molecule has 1 fully saturated rings. The standard InChI is InChI=1S/C19H19FN4/c1-24-9-7-18(23-24)17-10-15(13-2-4-16(20)5-3-13)12-22-19(17)14-6-8-21-11-14/h2-5,7,9-10,12,14,21H,6,8,11H2,1H3. The zero-order chi connectivity index (χ0) is 16.5. The second-order valence-corrected chi connectivity index (χ2v) is 6.23. The van der Waals surface area contributed by atoms with Crippen molar-refractivity contribution < 1.29 is 4.39 Å². The largest absolute Gasteiger partial charge is 0.316 e. The quantitative estimate of drug-likeness (QED) is 0.804. The Morgan fingerprint density at radius 1 is 1.17 bits per heavy atom. The number of aryl methyl sites for hydroxylation is 1. The van der Waals surface area contributed by atoms with Crippen molar-refractivity contribution in [2.45, 2.75) is 12.3 Å². The van der Waals surface area contributed by atoms with Gasteiger partial charge in [0.2, 0.25) is 0 Å². The topological polar surface area (TPSA) is 42.7 Å². The number of aromatic nitrogens is 3. The van der Waals surface area contributed by atoms with Gasteiger partial charge in [-0.1, -0.05) is 12.1 Å². The van der Waals surface area contributed by atoms with Gasteiger partial charge in [-0.05, 0) is 42.8 Å². The fraction of sp³-hybridized carbons (Fsp3) is 0.263. The molecule has 0 radical (unpaired) electrons. The van der Waals surface area contributed by atoms with Crippen LogP contribution in [0, 0.1) is 5.82 Å². The molecule has 3 heterocycles. The molecular formula is C19H19FN4. The van der Waals surface area contributed by atoms with Gasteiger partial charge in [-0.25, -0.2) is 4.39 Å². The van der Waals surface area contributed by atoms with Crippen molar-refractivity contribution >= 4 is 0 Å². The third kappa shape index (κ3) is 2.83. The number of hydrogen-bond acceptors (Lipinski definition) is 3. The molecule has 1 N–H and O–H groups in total. The van der Waals surface area contributed by atoms with Crippen LogP contribution in [-0.4, -0.2) is 27.9 Å². The lowest BCUT2D eigenvalue weighted by molar-refractivity contribution is 0.628. The number of nitrogens with one attached hydrogen (secondary N) is 1. The van der Waals surface area contributed by atoms with Crippen LogP contribution in [0.15, 0.2) is 48.8 Å². The minimum atomic E-state index is -0.231. The second kappa shape index (κ2) is 6.17.